The number of oxime groups is 1. The van der Waals surface area contributed by atoms with Crippen LogP contribution in [0.3, 0.4) is 0 Å². The molecule has 1 heterocycles. The summed E-state index contributed by atoms with van der Waals surface area (Å²) in [5.74, 6) is 0. The molecule has 1 aliphatic heterocycles. The number of nitrogens with one attached hydrogen (secondary N) is 1. The molecule has 1 fully saturated rings. The summed E-state index contributed by atoms with van der Waals surface area (Å²) in [6.45, 7) is 1.05. The quantitative estimate of drug-likeness (QED) is 0.308. The second-order valence-electron chi connectivity index (χ2n) is 2.32. The minimum absolute atomic E-state index is 0.309. The lowest BCUT2D eigenvalue weighted by Crippen LogP contribution is -2.34. The fourth-order valence-electron chi connectivity index (χ4n) is 1.09. The Kier molecular flexibility index (Phi) is 2.51. The molecular formula is C6H12N2O. The molecule has 2 N–H and O–H groups in total. The van der Waals surface area contributed by atoms with Crippen LogP contribution in [0.15, 0.2) is 5.16 Å². The fraction of sp³-hybridized carbons (Fsp3) is 0.833. The maximum absolute atomic E-state index is 8.15. The molecule has 1 rings (SSSR count). The Balaban J connectivity index is 2.23. The maximum atomic E-state index is 8.15. The molecule has 0 aromatic carbocycles. The summed E-state index contributed by atoms with van der Waals surface area (Å²) in [4.78, 5) is 0. The van der Waals surface area contributed by atoms with Crippen LogP contribution >= 0.6 is 0 Å². The minimum Gasteiger partial charge on any atom is -0.411 e. The summed E-state index contributed by atoms with van der Waals surface area (Å²) in [5, 5.41) is 14.3. The smallest absolute Gasteiger partial charge is 0.0605 e. The van der Waals surface area contributed by atoms with Crippen LogP contribution in [0, 0.1) is 0 Å². The van der Waals surface area contributed by atoms with Gasteiger partial charge in [-0.2, -0.15) is 0 Å². The van der Waals surface area contributed by atoms with Gasteiger partial charge >= 0.3 is 0 Å². The first-order chi connectivity index (χ1) is 4.43. The van der Waals surface area contributed by atoms with Gasteiger partial charge in [0.1, 0.15) is 0 Å². The van der Waals surface area contributed by atoms with Crippen LogP contribution in [0.5, 0.6) is 0 Å². The Bertz CT molecular complexity index is 97.2. The third-order valence-corrected chi connectivity index (χ3v) is 1.60. The zero-order chi connectivity index (χ0) is 6.53. The van der Waals surface area contributed by atoms with Crippen molar-refractivity contribution >= 4 is 6.21 Å². The van der Waals surface area contributed by atoms with Crippen molar-refractivity contribution in [3.05, 3.63) is 0 Å². The third-order valence-electron chi connectivity index (χ3n) is 1.60. The van der Waals surface area contributed by atoms with Crippen molar-refractivity contribution in [2.24, 2.45) is 5.16 Å². The summed E-state index contributed by atoms with van der Waals surface area (Å²) < 4.78 is 0. The van der Waals surface area contributed by atoms with Crippen LogP contribution in [-0.2, 0) is 0 Å². The highest BCUT2D eigenvalue weighted by Crippen LogP contribution is 2.04. The lowest BCUT2D eigenvalue weighted by atomic mass is 10.1. The molecule has 0 spiro atoms. The second-order valence-corrected chi connectivity index (χ2v) is 2.32. The van der Waals surface area contributed by atoms with Crippen molar-refractivity contribution in [2.75, 3.05) is 6.54 Å². The van der Waals surface area contributed by atoms with E-state index in [2.05, 4.69) is 10.5 Å². The fourth-order valence-corrected chi connectivity index (χ4v) is 1.09. The Labute approximate surface area is 54.8 Å². The molecule has 0 radical (unpaired) electrons. The van der Waals surface area contributed by atoms with E-state index in [9.17, 15) is 0 Å². The van der Waals surface area contributed by atoms with Crippen LogP contribution in [0.2, 0.25) is 0 Å². The summed E-state index contributed by atoms with van der Waals surface area (Å²) in [7, 11) is 0. The van der Waals surface area contributed by atoms with E-state index in [-0.39, 0.29) is 0 Å². The summed E-state index contributed by atoms with van der Waals surface area (Å²) in [6, 6.07) is 0.309. The largest absolute Gasteiger partial charge is 0.411 e. The van der Waals surface area contributed by atoms with Gasteiger partial charge in [0.05, 0.1) is 6.21 Å². The van der Waals surface area contributed by atoms with E-state index in [0.29, 0.717) is 6.04 Å². The second kappa shape index (κ2) is 3.45. The van der Waals surface area contributed by atoms with Gasteiger partial charge in [0, 0.05) is 6.04 Å². The number of rotatable bonds is 1. The van der Waals surface area contributed by atoms with Gasteiger partial charge in [0.25, 0.3) is 0 Å². The van der Waals surface area contributed by atoms with Gasteiger partial charge in [-0.3, -0.25) is 0 Å². The molecule has 0 amide bonds. The Hall–Kier alpha value is -0.570. The minimum atomic E-state index is 0.309. The molecule has 0 bridgehead atoms. The van der Waals surface area contributed by atoms with Crippen LogP contribution in [0.4, 0.5) is 0 Å². The van der Waals surface area contributed by atoms with E-state index in [1.165, 1.54) is 12.8 Å². The molecule has 9 heavy (non-hydrogen) atoms. The predicted molar refractivity (Wildman–Crippen MR) is 35.9 cm³/mol. The third kappa shape index (κ3) is 2.01. The Morgan fingerprint density at radius 1 is 1.56 bits per heavy atom. The zero-order valence-corrected chi connectivity index (χ0v) is 5.38. The first-order valence-electron chi connectivity index (χ1n) is 3.34. The number of piperidine rings is 1. The first kappa shape index (κ1) is 6.55. The van der Waals surface area contributed by atoms with Crippen molar-refractivity contribution in [1.82, 2.24) is 5.32 Å². The molecule has 3 nitrogen and oxygen atoms in total. The molecule has 1 unspecified atom stereocenters. The Morgan fingerprint density at radius 2 is 2.44 bits per heavy atom. The maximum Gasteiger partial charge on any atom is 0.0605 e. The van der Waals surface area contributed by atoms with E-state index >= 15 is 0 Å². The van der Waals surface area contributed by atoms with Gasteiger partial charge in [0.15, 0.2) is 0 Å². The number of nitrogens with zero attached hydrogens (tertiary/aromatic N) is 1. The summed E-state index contributed by atoms with van der Waals surface area (Å²) in [6.07, 6.45) is 5.14. The van der Waals surface area contributed by atoms with Crippen molar-refractivity contribution in [3.63, 3.8) is 0 Å². The Morgan fingerprint density at radius 3 is 3.00 bits per heavy atom. The molecule has 0 aromatic heterocycles. The zero-order valence-electron chi connectivity index (χ0n) is 5.38. The molecule has 1 aliphatic rings. The standard InChI is InChI=1S/C6H12N2O/c9-8-5-6-3-1-2-4-7-6/h5-7,9H,1-4H2/b8-5+. The van der Waals surface area contributed by atoms with Gasteiger partial charge in [-0.05, 0) is 19.4 Å². The van der Waals surface area contributed by atoms with Crippen LogP contribution in [-0.4, -0.2) is 24.0 Å². The first-order valence-corrected chi connectivity index (χ1v) is 3.34. The average Bonchev–Trinajstić information content (AvgIpc) is 1.91. The monoisotopic (exact) mass is 128 g/mol. The predicted octanol–water partition coefficient (Wildman–Crippen LogP) is 0.588. The van der Waals surface area contributed by atoms with E-state index in [0.717, 1.165) is 13.0 Å². The molecular weight excluding hydrogens is 116 g/mol. The van der Waals surface area contributed by atoms with E-state index in [4.69, 9.17) is 5.21 Å². The SMILES string of the molecule is O/N=C/C1CCCCN1. The molecule has 52 valence electrons. The molecule has 3 heteroatoms. The van der Waals surface area contributed by atoms with Crippen molar-refractivity contribution < 1.29 is 5.21 Å². The van der Waals surface area contributed by atoms with E-state index < -0.39 is 0 Å². The molecule has 0 aromatic rings. The van der Waals surface area contributed by atoms with Crippen molar-refractivity contribution in [3.8, 4) is 0 Å². The molecule has 0 saturated carbocycles. The lowest BCUT2D eigenvalue weighted by Gasteiger charge is -2.18. The highest BCUT2D eigenvalue weighted by atomic mass is 16.4. The van der Waals surface area contributed by atoms with Crippen molar-refractivity contribution in [1.29, 1.82) is 0 Å². The van der Waals surface area contributed by atoms with Gasteiger partial charge < -0.3 is 10.5 Å². The topological polar surface area (TPSA) is 44.6 Å². The summed E-state index contributed by atoms with van der Waals surface area (Å²) >= 11 is 0. The lowest BCUT2D eigenvalue weighted by molar-refractivity contribution is 0.316. The normalized spacial score (nSPS) is 29.1. The van der Waals surface area contributed by atoms with Gasteiger partial charge in [-0.25, -0.2) is 0 Å². The number of hydrogen-bond donors (Lipinski definition) is 2. The van der Waals surface area contributed by atoms with Crippen LogP contribution < -0.4 is 5.32 Å². The van der Waals surface area contributed by atoms with Gasteiger partial charge in [0.2, 0.25) is 0 Å². The highest BCUT2D eigenvalue weighted by molar-refractivity contribution is 5.63. The van der Waals surface area contributed by atoms with Crippen LogP contribution in [0.1, 0.15) is 19.3 Å². The highest BCUT2D eigenvalue weighted by Gasteiger charge is 2.08. The average molecular weight is 128 g/mol. The van der Waals surface area contributed by atoms with E-state index in [1.807, 2.05) is 0 Å². The van der Waals surface area contributed by atoms with Crippen molar-refractivity contribution in [2.45, 2.75) is 25.3 Å². The van der Waals surface area contributed by atoms with Gasteiger partial charge in [-0.1, -0.05) is 6.42 Å². The van der Waals surface area contributed by atoms with Crippen LogP contribution in [0.25, 0.3) is 0 Å². The molecule has 1 atom stereocenters. The summed E-state index contributed by atoms with van der Waals surface area (Å²) in [5.41, 5.74) is 0. The number of hydrogen-bond acceptors (Lipinski definition) is 3. The van der Waals surface area contributed by atoms with Gasteiger partial charge in [-0.15, -0.1) is 5.16 Å². The molecule has 1 saturated heterocycles. The molecule has 0 aliphatic carbocycles. The van der Waals surface area contributed by atoms with E-state index in [1.54, 1.807) is 6.21 Å².